The number of carbonyl (C=O) groups is 1. The maximum absolute atomic E-state index is 10.4. The van der Waals surface area contributed by atoms with Crippen molar-refractivity contribution in [3.05, 3.63) is 35.4 Å². The van der Waals surface area contributed by atoms with Crippen LogP contribution < -0.4 is 5.32 Å². The summed E-state index contributed by atoms with van der Waals surface area (Å²) in [5, 5.41) is 11.8. The molecule has 1 heterocycles. The lowest BCUT2D eigenvalue weighted by molar-refractivity contribution is 0.0697. The van der Waals surface area contributed by atoms with Gasteiger partial charge in [-0.05, 0) is 26.1 Å². The molecule has 1 aromatic rings. The molecule has 4 nitrogen and oxygen atoms in total. The number of piperazine rings is 1. The van der Waals surface area contributed by atoms with Gasteiger partial charge in [-0.2, -0.15) is 0 Å². The first-order valence-corrected chi connectivity index (χ1v) is 5.79. The zero-order valence-corrected chi connectivity index (χ0v) is 10.4. The molecule has 0 radical (unpaired) electrons. The van der Waals surface area contributed by atoms with Crippen LogP contribution in [0.25, 0.3) is 0 Å². The number of likely N-dealkylation sites (N-methyl/N-ethyl adjacent to an activating group) is 1. The van der Waals surface area contributed by atoms with E-state index in [1.807, 2.05) is 13.0 Å². The summed E-state index contributed by atoms with van der Waals surface area (Å²) < 4.78 is 0. The summed E-state index contributed by atoms with van der Waals surface area (Å²) in [5.74, 6) is -0.872. The van der Waals surface area contributed by atoms with Crippen molar-refractivity contribution in [2.45, 2.75) is 6.92 Å². The molecule has 0 amide bonds. The quantitative estimate of drug-likeness (QED) is 0.769. The van der Waals surface area contributed by atoms with Crippen molar-refractivity contribution in [3.63, 3.8) is 0 Å². The van der Waals surface area contributed by atoms with Crippen molar-refractivity contribution in [1.82, 2.24) is 10.2 Å². The van der Waals surface area contributed by atoms with Crippen LogP contribution in [0.5, 0.6) is 0 Å². The third-order valence-electron chi connectivity index (χ3n) is 2.61. The Morgan fingerprint density at radius 1 is 1.35 bits per heavy atom. The summed E-state index contributed by atoms with van der Waals surface area (Å²) in [5.41, 5.74) is 1.32. The standard InChI is InChI=1S/C8H8O2.C5H12N2/c1-6-3-2-4-7(5-6)8(9)10;1-7-4-2-6-3-5-7/h2-5H,1H3,(H,9,10);6H,2-5H2,1H3. The van der Waals surface area contributed by atoms with Crippen LogP contribution >= 0.6 is 0 Å². The first-order valence-electron chi connectivity index (χ1n) is 5.79. The second-order valence-corrected chi connectivity index (χ2v) is 4.23. The number of carboxylic acid groups (broad SMARTS) is 1. The van der Waals surface area contributed by atoms with Gasteiger partial charge in [0.25, 0.3) is 0 Å². The van der Waals surface area contributed by atoms with E-state index in [1.54, 1.807) is 18.2 Å². The Morgan fingerprint density at radius 3 is 2.35 bits per heavy atom. The maximum atomic E-state index is 10.4. The third-order valence-corrected chi connectivity index (χ3v) is 2.61. The highest BCUT2D eigenvalue weighted by molar-refractivity contribution is 5.87. The summed E-state index contributed by atoms with van der Waals surface area (Å²) in [6.07, 6.45) is 0. The topological polar surface area (TPSA) is 52.6 Å². The van der Waals surface area contributed by atoms with E-state index >= 15 is 0 Å². The van der Waals surface area contributed by atoms with Gasteiger partial charge in [-0.1, -0.05) is 17.7 Å². The van der Waals surface area contributed by atoms with Crippen LogP contribution in [0, 0.1) is 6.92 Å². The van der Waals surface area contributed by atoms with E-state index in [2.05, 4.69) is 17.3 Å². The summed E-state index contributed by atoms with van der Waals surface area (Å²) in [4.78, 5) is 12.7. The number of nitrogens with one attached hydrogen (secondary N) is 1. The Kier molecular flexibility index (Phi) is 5.66. The second-order valence-electron chi connectivity index (χ2n) is 4.23. The van der Waals surface area contributed by atoms with Crippen molar-refractivity contribution in [2.75, 3.05) is 33.2 Å². The fourth-order valence-corrected chi connectivity index (χ4v) is 1.55. The summed E-state index contributed by atoms with van der Waals surface area (Å²) in [7, 11) is 2.15. The van der Waals surface area contributed by atoms with Crippen LogP contribution in [-0.4, -0.2) is 49.2 Å². The average molecular weight is 236 g/mol. The van der Waals surface area contributed by atoms with Crippen LogP contribution in [0.15, 0.2) is 24.3 Å². The third kappa shape index (κ3) is 5.47. The number of hydrogen-bond acceptors (Lipinski definition) is 3. The first-order chi connectivity index (χ1) is 8.09. The minimum Gasteiger partial charge on any atom is -0.478 e. The highest BCUT2D eigenvalue weighted by atomic mass is 16.4. The van der Waals surface area contributed by atoms with Crippen molar-refractivity contribution < 1.29 is 9.90 Å². The molecular formula is C13H20N2O2. The normalized spacial score (nSPS) is 15.9. The SMILES string of the molecule is CN1CCNCC1.Cc1cccc(C(=O)O)c1. The van der Waals surface area contributed by atoms with E-state index in [0.29, 0.717) is 5.56 Å². The zero-order valence-electron chi connectivity index (χ0n) is 10.4. The molecule has 1 aliphatic heterocycles. The number of nitrogens with zero attached hydrogens (tertiary/aromatic N) is 1. The molecule has 0 aromatic heterocycles. The van der Waals surface area contributed by atoms with Crippen LogP contribution in [0.1, 0.15) is 15.9 Å². The number of benzene rings is 1. The van der Waals surface area contributed by atoms with Gasteiger partial charge in [-0.15, -0.1) is 0 Å². The van der Waals surface area contributed by atoms with Gasteiger partial charge >= 0.3 is 5.97 Å². The largest absolute Gasteiger partial charge is 0.478 e. The van der Waals surface area contributed by atoms with Crippen molar-refractivity contribution in [1.29, 1.82) is 0 Å². The Hall–Kier alpha value is -1.39. The fourth-order valence-electron chi connectivity index (χ4n) is 1.55. The zero-order chi connectivity index (χ0) is 12.7. The Labute approximate surface area is 102 Å². The molecule has 0 bridgehead atoms. The molecule has 0 spiro atoms. The molecular weight excluding hydrogens is 216 g/mol. The molecule has 0 saturated carbocycles. The molecule has 0 aliphatic carbocycles. The Bertz CT molecular complexity index is 360. The van der Waals surface area contributed by atoms with Gasteiger partial charge in [0, 0.05) is 26.2 Å². The molecule has 2 rings (SSSR count). The molecule has 0 atom stereocenters. The van der Waals surface area contributed by atoms with E-state index < -0.39 is 5.97 Å². The van der Waals surface area contributed by atoms with Gasteiger partial charge in [0.1, 0.15) is 0 Å². The maximum Gasteiger partial charge on any atom is 0.335 e. The smallest absolute Gasteiger partial charge is 0.335 e. The van der Waals surface area contributed by atoms with Crippen LogP contribution in [0.4, 0.5) is 0 Å². The van der Waals surface area contributed by atoms with Crippen molar-refractivity contribution in [3.8, 4) is 0 Å². The van der Waals surface area contributed by atoms with E-state index in [4.69, 9.17) is 5.11 Å². The van der Waals surface area contributed by atoms with Crippen LogP contribution in [-0.2, 0) is 0 Å². The van der Waals surface area contributed by atoms with Crippen molar-refractivity contribution in [2.24, 2.45) is 0 Å². The van der Waals surface area contributed by atoms with Gasteiger partial charge in [-0.25, -0.2) is 4.79 Å². The van der Waals surface area contributed by atoms with Crippen LogP contribution in [0.3, 0.4) is 0 Å². The number of hydrogen-bond donors (Lipinski definition) is 2. The lowest BCUT2D eigenvalue weighted by Crippen LogP contribution is -2.40. The molecule has 1 saturated heterocycles. The van der Waals surface area contributed by atoms with Gasteiger partial charge in [0.05, 0.1) is 5.56 Å². The summed E-state index contributed by atoms with van der Waals surface area (Å²) in [6.45, 7) is 6.61. The molecule has 1 aliphatic rings. The van der Waals surface area contributed by atoms with Crippen LogP contribution in [0.2, 0.25) is 0 Å². The fraction of sp³-hybridized carbons (Fsp3) is 0.462. The number of aryl methyl sites for hydroxylation is 1. The second kappa shape index (κ2) is 7.04. The lowest BCUT2D eigenvalue weighted by Gasteiger charge is -2.21. The highest BCUT2D eigenvalue weighted by Gasteiger charge is 2.01. The number of carboxylic acids is 1. The van der Waals surface area contributed by atoms with Gasteiger partial charge < -0.3 is 15.3 Å². The van der Waals surface area contributed by atoms with Gasteiger partial charge in [-0.3, -0.25) is 0 Å². The molecule has 0 unspecified atom stereocenters. The molecule has 1 aromatic carbocycles. The van der Waals surface area contributed by atoms with Gasteiger partial charge in [0.2, 0.25) is 0 Å². The molecule has 2 N–H and O–H groups in total. The lowest BCUT2D eigenvalue weighted by atomic mass is 10.1. The molecule has 17 heavy (non-hydrogen) atoms. The van der Waals surface area contributed by atoms with E-state index in [9.17, 15) is 4.79 Å². The monoisotopic (exact) mass is 236 g/mol. The van der Waals surface area contributed by atoms with Crippen molar-refractivity contribution >= 4 is 5.97 Å². The predicted molar refractivity (Wildman–Crippen MR) is 68.5 cm³/mol. The predicted octanol–water partition coefficient (Wildman–Crippen LogP) is 1.21. The Balaban J connectivity index is 0.000000181. The van der Waals surface area contributed by atoms with E-state index in [1.165, 1.54) is 13.1 Å². The van der Waals surface area contributed by atoms with E-state index in [-0.39, 0.29) is 0 Å². The number of aromatic carboxylic acids is 1. The summed E-state index contributed by atoms with van der Waals surface area (Å²) in [6, 6.07) is 6.82. The summed E-state index contributed by atoms with van der Waals surface area (Å²) >= 11 is 0. The molecule has 94 valence electrons. The molecule has 4 heteroatoms. The number of rotatable bonds is 1. The average Bonchev–Trinajstić information content (AvgIpc) is 2.31. The minimum absolute atomic E-state index is 0.347. The highest BCUT2D eigenvalue weighted by Crippen LogP contribution is 2.02. The van der Waals surface area contributed by atoms with E-state index in [0.717, 1.165) is 18.7 Å². The first kappa shape index (κ1) is 13.7. The Morgan fingerprint density at radius 2 is 2.00 bits per heavy atom. The minimum atomic E-state index is -0.872. The molecule has 1 fully saturated rings. The van der Waals surface area contributed by atoms with Gasteiger partial charge in [0.15, 0.2) is 0 Å².